The molecule has 1 aliphatic heterocycles. The van der Waals surface area contributed by atoms with E-state index in [4.69, 9.17) is 0 Å². The van der Waals surface area contributed by atoms with E-state index in [1.54, 1.807) is 0 Å². The number of allylic oxidation sites excluding steroid dienone is 1. The van der Waals surface area contributed by atoms with Gasteiger partial charge in [-0.2, -0.15) is 0 Å². The normalized spacial score (nSPS) is 38.8. The lowest BCUT2D eigenvalue weighted by molar-refractivity contribution is -0.151. The van der Waals surface area contributed by atoms with Gasteiger partial charge in [0.1, 0.15) is 0 Å². The van der Waals surface area contributed by atoms with Gasteiger partial charge in [0.05, 0.1) is 6.10 Å². The van der Waals surface area contributed by atoms with E-state index in [0.29, 0.717) is 17.9 Å². The molecule has 19 heavy (non-hydrogen) atoms. The Balaban J connectivity index is 2.08. The molecule has 0 spiro atoms. The monoisotopic (exact) mass is 266 g/mol. The summed E-state index contributed by atoms with van der Waals surface area (Å²) in [5.41, 5.74) is 1.71. The van der Waals surface area contributed by atoms with Gasteiger partial charge < -0.3 is 14.9 Å². The minimum Gasteiger partial charge on any atom is -0.429 e. The molecule has 0 saturated carbocycles. The second-order valence-corrected chi connectivity index (χ2v) is 5.96. The van der Waals surface area contributed by atoms with Gasteiger partial charge in [-0.05, 0) is 43.6 Å². The molecule has 0 aromatic heterocycles. The fraction of sp³-hybridized carbons (Fsp3) is 0.667. The second-order valence-electron chi connectivity index (χ2n) is 5.96. The molecular formula is C15H22O4. The van der Waals surface area contributed by atoms with Crippen molar-refractivity contribution in [1.29, 1.82) is 0 Å². The largest absolute Gasteiger partial charge is 0.429 e. The number of esters is 1. The lowest BCUT2D eigenvalue weighted by Crippen LogP contribution is -2.34. The second kappa shape index (κ2) is 5.10. The number of carbonyl (C=O) groups is 1. The standard InChI is InChI=1S/C15H22O4/c1-9-6-12(16)7-10(2)15(9,3)5-4-11-8-13(17)19-14(11)18/h6,8,10,12-13,16-17H,4-5,7H2,1-3H3. The summed E-state index contributed by atoms with van der Waals surface area (Å²) >= 11 is 0. The maximum Gasteiger partial charge on any atom is 0.336 e. The molecule has 1 aliphatic carbocycles. The predicted molar refractivity (Wildman–Crippen MR) is 71.1 cm³/mol. The first-order valence-electron chi connectivity index (χ1n) is 6.79. The van der Waals surface area contributed by atoms with Gasteiger partial charge in [-0.15, -0.1) is 0 Å². The number of ether oxygens (including phenoxy) is 1. The van der Waals surface area contributed by atoms with Gasteiger partial charge in [0.15, 0.2) is 0 Å². The summed E-state index contributed by atoms with van der Waals surface area (Å²) in [6.45, 7) is 6.34. The van der Waals surface area contributed by atoms with Gasteiger partial charge in [-0.3, -0.25) is 0 Å². The third kappa shape index (κ3) is 2.74. The fourth-order valence-corrected chi connectivity index (χ4v) is 3.04. The van der Waals surface area contributed by atoms with Crippen LogP contribution in [0.4, 0.5) is 0 Å². The quantitative estimate of drug-likeness (QED) is 0.605. The number of hydrogen-bond acceptors (Lipinski definition) is 4. The van der Waals surface area contributed by atoms with Crippen LogP contribution in [0.15, 0.2) is 23.3 Å². The van der Waals surface area contributed by atoms with Crippen molar-refractivity contribution in [3.05, 3.63) is 23.3 Å². The highest BCUT2D eigenvalue weighted by Gasteiger charge is 2.38. The molecule has 2 aliphatic rings. The van der Waals surface area contributed by atoms with Crippen molar-refractivity contribution < 1.29 is 19.7 Å². The van der Waals surface area contributed by atoms with Crippen LogP contribution < -0.4 is 0 Å². The molecule has 2 rings (SSSR count). The molecule has 106 valence electrons. The van der Waals surface area contributed by atoms with Crippen molar-refractivity contribution in [2.75, 3.05) is 0 Å². The van der Waals surface area contributed by atoms with Crippen LogP contribution in [0, 0.1) is 11.3 Å². The van der Waals surface area contributed by atoms with Crippen molar-refractivity contribution in [3.63, 3.8) is 0 Å². The molecule has 2 N–H and O–H groups in total. The number of hydrogen-bond donors (Lipinski definition) is 2. The number of rotatable bonds is 3. The van der Waals surface area contributed by atoms with Crippen LogP contribution in [0.3, 0.4) is 0 Å². The SMILES string of the molecule is CC1=CC(O)CC(C)C1(C)CCC1=CC(O)OC1=O. The summed E-state index contributed by atoms with van der Waals surface area (Å²) in [5, 5.41) is 19.0. The predicted octanol–water partition coefficient (Wildman–Crippen LogP) is 1.92. The smallest absolute Gasteiger partial charge is 0.336 e. The molecule has 4 heteroatoms. The summed E-state index contributed by atoms with van der Waals surface area (Å²) in [6.07, 6.45) is 4.11. The van der Waals surface area contributed by atoms with Gasteiger partial charge in [-0.25, -0.2) is 4.79 Å². The Morgan fingerprint density at radius 3 is 2.63 bits per heavy atom. The third-order valence-electron chi connectivity index (χ3n) is 4.77. The van der Waals surface area contributed by atoms with Gasteiger partial charge in [0, 0.05) is 5.57 Å². The Labute approximate surface area is 113 Å². The minimum absolute atomic E-state index is 0.0199. The Morgan fingerprint density at radius 2 is 2.11 bits per heavy atom. The molecule has 0 saturated heterocycles. The maximum atomic E-state index is 11.5. The van der Waals surface area contributed by atoms with Crippen LogP contribution in [-0.2, 0) is 9.53 Å². The van der Waals surface area contributed by atoms with E-state index in [0.717, 1.165) is 12.8 Å². The molecule has 0 aromatic carbocycles. The molecule has 1 heterocycles. The van der Waals surface area contributed by atoms with Crippen molar-refractivity contribution >= 4 is 5.97 Å². The van der Waals surface area contributed by atoms with E-state index in [9.17, 15) is 15.0 Å². The molecule has 0 bridgehead atoms. The van der Waals surface area contributed by atoms with Crippen LogP contribution in [0.2, 0.25) is 0 Å². The highest BCUT2D eigenvalue weighted by Crippen LogP contribution is 2.46. The summed E-state index contributed by atoms with van der Waals surface area (Å²) in [7, 11) is 0. The Kier molecular flexibility index (Phi) is 3.83. The van der Waals surface area contributed by atoms with E-state index in [-0.39, 0.29) is 11.5 Å². The van der Waals surface area contributed by atoms with Crippen LogP contribution in [0.25, 0.3) is 0 Å². The van der Waals surface area contributed by atoms with E-state index in [2.05, 4.69) is 18.6 Å². The fourth-order valence-electron chi connectivity index (χ4n) is 3.04. The minimum atomic E-state index is -1.09. The van der Waals surface area contributed by atoms with Gasteiger partial charge >= 0.3 is 5.97 Å². The zero-order valence-corrected chi connectivity index (χ0v) is 11.7. The molecule has 0 fully saturated rings. The van der Waals surface area contributed by atoms with Crippen molar-refractivity contribution in [2.24, 2.45) is 11.3 Å². The highest BCUT2D eigenvalue weighted by molar-refractivity contribution is 5.90. The van der Waals surface area contributed by atoms with E-state index >= 15 is 0 Å². The lowest BCUT2D eigenvalue weighted by atomic mass is 9.64. The highest BCUT2D eigenvalue weighted by atomic mass is 16.6. The maximum absolute atomic E-state index is 11.5. The van der Waals surface area contributed by atoms with Crippen molar-refractivity contribution in [2.45, 2.75) is 52.4 Å². The average molecular weight is 266 g/mol. The summed E-state index contributed by atoms with van der Waals surface area (Å²) in [5.74, 6) is -0.0586. The molecule has 0 radical (unpaired) electrons. The first-order valence-corrected chi connectivity index (χ1v) is 6.79. The van der Waals surface area contributed by atoms with E-state index < -0.39 is 12.3 Å². The van der Waals surface area contributed by atoms with Crippen LogP contribution in [-0.4, -0.2) is 28.6 Å². The number of aliphatic hydroxyl groups excluding tert-OH is 2. The average Bonchev–Trinajstić information content (AvgIpc) is 2.62. The van der Waals surface area contributed by atoms with E-state index in [1.165, 1.54) is 11.6 Å². The first-order chi connectivity index (χ1) is 8.83. The van der Waals surface area contributed by atoms with Gasteiger partial charge in [-0.1, -0.05) is 25.5 Å². The van der Waals surface area contributed by atoms with Gasteiger partial charge in [0.25, 0.3) is 0 Å². The molecule has 4 nitrogen and oxygen atoms in total. The summed E-state index contributed by atoms with van der Waals surface area (Å²) in [6, 6.07) is 0. The summed E-state index contributed by atoms with van der Waals surface area (Å²) < 4.78 is 4.69. The van der Waals surface area contributed by atoms with Gasteiger partial charge in [0.2, 0.25) is 6.29 Å². The summed E-state index contributed by atoms with van der Waals surface area (Å²) in [4.78, 5) is 11.5. The van der Waals surface area contributed by atoms with Crippen molar-refractivity contribution in [1.82, 2.24) is 0 Å². The number of aliphatic hydroxyl groups is 2. The van der Waals surface area contributed by atoms with Crippen LogP contribution in [0.1, 0.15) is 40.0 Å². The molecule has 0 aromatic rings. The van der Waals surface area contributed by atoms with E-state index in [1.807, 2.05) is 13.0 Å². The lowest BCUT2D eigenvalue weighted by Gasteiger charge is -2.41. The molecule has 4 unspecified atom stereocenters. The first kappa shape index (κ1) is 14.3. The Hall–Kier alpha value is -1.13. The molecule has 4 atom stereocenters. The Morgan fingerprint density at radius 1 is 1.42 bits per heavy atom. The zero-order valence-electron chi connectivity index (χ0n) is 11.7. The molecule has 0 amide bonds. The number of cyclic esters (lactones) is 1. The topological polar surface area (TPSA) is 66.8 Å². The zero-order chi connectivity index (χ0) is 14.2. The van der Waals surface area contributed by atoms with Crippen LogP contribution >= 0.6 is 0 Å². The third-order valence-corrected chi connectivity index (χ3v) is 4.77. The van der Waals surface area contributed by atoms with Crippen molar-refractivity contribution in [3.8, 4) is 0 Å². The Bertz CT molecular complexity index is 437. The molecular weight excluding hydrogens is 244 g/mol. The van der Waals surface area contributed by atoms with Crippen LogP contribution in [0.5, 0.6) is 0 Å². The number of carbonyl (C=O) groups excluding carboxylic acids is 1.